The summed E-state index contributed by atoms with van der Waals surface area (Å²) in [6.45, 7) is 0.416. The zero-order valence-corrected chi connectivity index (χ0v) is 19.2. The minimum absolute atomic E-state index is 0.157. The Morgan fingerprint density at radius 3 is 2.73 bits per heavy atom. The Bertz CT molecular complexity index is 1360. The van der Waals surface area contributed by atoms with Gasteiger partial charge in [-0.25, -0.2) is 4.57 Å². The van der Waals surface area contributed by atoms with Gasteiger partial charge in [-0.3, -0.25) is 0 Å². The van der Waals surface area contributed by atoms with E-state index in [0.29, 0.717) is 27.8 Å². The molecule has 5 rings (SSSR count). The van der Waals surface area contributed by atoms with Crippen LogP contribution in [0.5, 0.6) is 11.5 Å². The van der Waals surface area contributed by atoms with E-state index in [1.165, 1.54) is 30.2 Å². The van der Waals surface area contributed by atoms with Gasteiger partial charge in [0.05, 0.1) is 12.1 Å². The van der Waals surface area contributed by atoms with Crippen LogP contribution >= 0.6 is 27.7 Å². The Morgan fingerprint density at radius 1 is 1.18 bits per heavy atom. The van der Waals surface area contributed by atoms with Crippen molar-refractivity contribution in [3.8, 4) is 11.5 Å². The van der Waals surface area contributed by atoms with E-state index < -0.39 is 11.7 Å². The second-order valence-electron chi connectivity index (χ2n) is 7.21. The van der Waals surface area contributed by atoms with Crippen LogP contribution in [0.3, 0.4) is 0 Å². The molecule has 0 aliphatic carbocycles. The number of hydrogen-bond donors (Lipinski definition) is 2. The fourth-order valence-corrected chi connectivity index (χ4v) is 4.91. The minimum Gasteiger partial charge on any atom is -0.454 e. The van der Waals surface area contributed by atoms with Gasteiger partial charge >= 0.3 is 6.18 Å². The molecular weight excluding hydrogens is 523 g/mol. The maximum absolute atomic E-state index is 13.3. The van der Waals surface area contributed by atoms with Gasteiger partial charge in [0.25, 0.3) is 5.65 Å². The van der Waals surface area contributed by atoms with Crippen LogP contribution in [0.15, 0.2) is 57.3 Å². The number of ether oxygens (including phenoxy) is 2. The minimum atomic E-state index is -4.41. The van der Waals surface area contributed by atoms with Crippen LogP contribution in [0.1, 0.15) is 11.1 Å². The molecular formula is C21H16BrF3N5O2S+. The van der Waals surface area contributed by atoms with E-state index >= 15 is 0 Å². The summed E-state index contributed by atoms with van der Waals surface area (Å²) >= 11 is 4.87. The van der Waals surface area contributed by atoms with Crippen LogP contribution < -0.4 is 19.8 Å². The second-order valence-corrected chi connectivity index (χ2v) is 9.09. The molecule has 0 unspecified atom stereocenters. The third-order valence-electron chi connectivity index (χ3n) is 5.11. The Morgan fingerprint density at radius 2 is 1.94 bits per heavy atom. The number of rotatable bonds is 5. The zero-order chi connectivity index (χ0) is 23.2. The van der Waals surface area contributed by atoms with Crippen LogP contribution in [0.4, 0.5) is 19.0 Å². The summed E-state index contributed by atoms with van der Waals surface area (Å²) < 4.78 is 53.3. The number of aromatic amines is 1. The molecule has 170 valence electrons. The van der Waals surface area contributed by atoms with Gasteiger partial charge in [-0.15, -0.1) is 0 Å². The highest BCUT2D eigenvalue weighted by atomic mass is 79.9. The summed E-state index contributed by atoms with van der Waals surface area (Å²) in [6, 6.07) is 9.21. The van der Waals surface area contributed by atoms with Gasteiger partial charge in [0, 0.05) is 15.8 Å². The van der Waals surface area contributed by atoms with E-state index in [4.69, 9.17) is 15.2 Å². The highest BCUT2D eigenvalue weighted by Crippen LogP contribution is 2.42. The molecule has 0 saturated heterocycles. The first-order chi connectivity index (χ1) is 15.8. The largest absolute Gasteiger partial charge is 0.454 e. The molecule has 4 aromatic rings. The average molecular weight is 539 g/mol. The third-order valence-corrected chi connectivity index (χ3v) is 6.97. The number of halogens is 4. The number of nitrogens with two attached hydrogens (primary N) is 1. The summed E-state index contributed by atoms with van der Waals surface area (Å²) in [4.78, 5) is 12.8. The molecule has 0 atom stereocenters. The van der Waals surface area contributed by atoms with Crippen LogP contribution in [-0.2, 0) is 19.1 Å². The molecule has 1 aliphatic rings. The standard InChI is InChI=1S/C21H15BrF3N5O2S/c22-13-7-14-15(32-10-31-14)8-16(13)33-20-28-17-18(26)27-9-30(19(17)29-20)6-5-11-3-1-2-4-12(11)21(23,24)25/h1-4,7-9H,5-6,10H2,(H2,26,28,29)/p+1. The van der Waals surface area contributed by atoms with Crippen molar-refractivity contribution in [3.05, 3.63) is 58.3 Å². The number of aryl methyl sites for hydroxylation is 2. The lowest BCUT2D eigenvalue weighted by Crippen LogP contribution is -2.37. The average Bonchev–Trinajstić information content (AvgIpc) is 3.40. The fourth-order valence-electron chi connectivity index (χ4n) is 3.53. The molecule has 0 spiro atoms. The predicted molar refractivity (Wildman–Crippen MR) is 118 cm³/mol. The number of nitrogens with one attached hydrogen (secondary N) is 1. The molecule has 1 aliphatic heterocycles. The smallest absolute Gasteiger partial charge is 0.416 e. The Balaban J connectivity index is 1.44. The van der Waals surface area contributed by atoms with Crippen molar-refractivity contribution >= 4 is 44.7 Å². The SMILES string of the molecule is Nc1nc[n+](CCc2ccccc2C(F)(F)F)c2nc(Sc3cc4c(cc3Br)OCO4)[nH]c12. The van der Waals surface area contributed by atoms with Gasteiger partial charge in [0.2, 0.25) is 24.1 Å². The number of H-pyrrole nitrogens is 1. The Labute approximate surface area is 198 Å². The predicted octanol–water partition coefficient (Wildman–Crippen LogP) is 4.73. The van der Waals surface area contributed by atoms with Gasteiger partial charge in [-0.05, 0) is 51.5 Å². The summed E-state index contributed by atoms with van der Waals surface area (Å²) in [7, 11) is 0. The molecule has 0 amide bonds. The molecule has 33 heavy (non-hydrogen) atoms. The number of nitrogens with zero attached hydrogens (tertiary/aromatic N) is 3. The molecule has 3 N–H and O–H groups in total. The van der Waals surface area contributed by atoms with Crippen molar-refractivity contribution in [1.29, 1.82) is 0 Å². The zero-order valence-electron chi connectivity index (χ0n) is 16.8. The first-order valence-electron chi connectivity index (χ1n) is 9.75. The third kappa shape index (κ3) is 4.32. The summed E-state index contributed by atoms with van der Waals surface area (Å²) in [5.74, 6) is 1.54. The van der Waals surface area contributed by atoms with E-state index in [2.05, 4.69) is 30.9 Å². The number of imidazole rings is 1. The number of nitrogen functional groups attached to an aromatic ring is 1. The lowest BCUT2D eigenvalue weighted by atomic mass is 10.0. The second kappa shape index (κ2) is 8.41. The molecule has 3 heterocycles. The van der Waals surface area contributed by atoms with Gasteiger partial charge in [-0.1, -0.05) is 28.2 Å². The van der Waals surface area contributed by atoms with Crippen LogP contribution in [0, 0.1) is 0 Å². The molecule has 0 bridgehead atoms. The molecule has 2 aromatic carbocycles. The quantitative estimate of drug-likeness (QED) is 0.357. The van der Waals surface area contributed by atoms with Gasteiger partial charge in [0.1, 0.15) is 0 Å². The van der Waals surface area contributed by atoms with Crippen molar-refractivity contribution in [2.45, 2.75) is 29.2 Å². The first-order valence-corrected chi connectivity index (χ1v) is 11.4. The summed E-state index contributed by atoms with van der Waals surface area (Å²) in [6.07, 6.45) is -2.77. The lowest BCUT2D eigenvalue weighted by Gasteiger charge is -2.12. The molecule has 0 fully saturated rings. The summed E-state index contributed by atoms with van der Waals surface area (Å²) in [5.41, 5.74) is 6.61. The molecule has 0 saturated carbocycles. The molecule has 0 radical (unpaired) electrons. The van der Waals surface area contributed by atoms with Gasteiger partial charge < -0.3 is 20.2 Å². The number of anilines is 1. The maximum atomic E-state index is 13.3. The highest BCUT2D eigenvalue weighted by Gasteiger charge is 2.33. The Kier molecular flexibility index (Phi) is 5.57. The maximum Gasteiger partial charge on any atom is 0.416 e. The topological polar surface area (TPSA) is 89.9 Å². The van der Waals surface area contributed by atoms with Crippen LogP contribution in [0.25, 0.3) is 11.2 Å². The molecule has 7 nitrogen and oxygen atoms in total. The van der Waals surface area contributed by atoms with Crippen molar-refractivity contribution in [2.75, 3.05) is 12.5 Å². The number of alkyl halides is 3. The van der Waals surface area contributed by atoms with E-state index in [0.717, 1.165) is 15.4 Å². The van der Waals surface area contributed by atoms with Crippen molar-refractivity contribution < 1.29 is 27.2 Å². The van der Waals surface area contributed by atoms with E-state index in [-0.39, 0.29) is 31.1 Å². The van der Waals surface area contributed by atoms with Crippen LogP contribution in [0.2, 0.25) is 0 Å². The van der Waals surface area contributed by atoms with Gasteiger partial charge in [0.15, 0.2) is 17.0 Å². The normalized spacial score (nSPS) is 13.1. The van der Waals surface area contributed by atoms with Crippen molar-refractivity contribution in [1.82, 2.24) is 15.0 Å². The molecule has 12 heteroatoms. The van der Waals surface area contributed by atoms with E-state index in [1.54, 1.807) is 10.6 Å². The van der Waals surface area contributed by atoms with Gasteiger partial charge in [-0.2, -0.15) is 13.2 Å². The summed E-state index contributed by atoms with van der Waals surface area (Å²) in [5, 5.41) is 0.550. The number of hydrogen-bond acceptors (Lipinski definition) is 6. The van der Waals surface area contributed by atoms with Crippen molar-refractivity contribution in [2.24, 2.45) is 0 Å². The van der Waals surface area contributed by atoms with Crippen LogP contribution in [-0.4, -0.2) is 21.7 Å². The van der Waals surface area contributed by atoms with E-state index in [1.807, 2.05) is 12.1 Å². The fraction of sp³-hybridized carbons (Fsp3) is 0.190. The van der Waals surface area contributed by atoms with E-state index in [9.17, 15) is 13.2 Å². The van der Waals surface area contributed by atoms with Crippen molar-refractivity contribution in [3.63, 3.8) is 0 Å². The first kappa shape index (κ1) is 21.8. The molecule has 2 aromatic heterocycles. The number of aromatic nitrogens is 4. The lowest BCUT2D eigenvalue weighted by molar-refractivity contribution is -0.675. The highest BCUT2D eigenvalue weighted by molar-refractivity contribution is 9.10. The Hall–Kier alpha value is -2.99. The number of fused-ring (bicyclic) bond motifs is 2. The monoisotopic (exact) mass is 538 g/mol. The number of benzene rings is 2.